The van der Waals surface area contributed by atoms with E-state index in [4.69, 9.17) is 9.72 Å². The van der Waals surface area contributed by atoms with E-state index in [0.717, 1.165) is 56.2 Å². The Morgan fingerprint density at radius 1 is 1.30 bits per heavy atom. The fourth-order valence-electron chi connectivity index (χ4n) is 4.17. The molecule has 0 aliphatic carbocycles. The topological polar surface area (TPSA) is 45.7 Å². The molecule has 1 aromatic heterocycles. The van der Waals surface area contributed by atoms with Crippen LogP contribution < -0.4 is 4.90 Å². The Morgan fingerprint density at radius 3 is 2.78 bits per heavy atom. The molecule has 0 N–H and O–H groups in total. The summed E-state index contributed by atoms with van der Waals surface area (Å²) in [5.41, 5.74) is 3.75. The number of ether oxygens (including phenoxy) is 1. The molecule has 1 unspecified atom stereocenters. The summed E-state index contributed by atoms with van der Waals surface area (Å²) < 4.78 is 6.64. The van der Waals surface area contributed by atoms with E-state index < -0.39 is 0 Å². The van der Waals surface area contributed by atoms with Gasteiger partial charge in [0.05, 0.1) is 22.7 Å². The predicted octanol–water partition coefficient (Wildman–Crippen LogP) is 3.62. The number of aryl methyl sites for hydroxylation is 2. The molecule has 1 aromatic carbocycles. The second kappa shape index (κ2) is 7.76. The molecule has 2 aliphatic rings. The summed E-state index contributed by atoms with van der Waals surface area (Å²) in [5.74, 6) is 0.910. The predicted molar refractivity (Wildman–Crippen MR) is 111 cm³/mol. The van der Waals surface area contributed by atoms with Gasteiger partial charge in [0.15, 0.2) is 5.13 Å². The van der Waals surface area contributed by atoms with Gasteiger partial charge in [-0.15, -0.1) is 0 Å². The lowest BCUT2D eigenvalue weighted by atomic mass is 9.96. The minimum atomic E-state index is 0.0736. The van der Waals surface area contributed by atoms with Crippen molar-refractivity contribution in [2.75, 3.05) is 44.8 Å². The maximum absolute atomic E-state index is 12.5. The van der Waals surface area contributed by atoms with Crippen molar-refractivity contribution < 1.29 is 9.53 Å². The molecule has 1 amide bonds. The minimum absolute atomic E-state index is 0.0736. The fourth-order valence-corrected chi connectivity index (χ4v) is 5.25. The van der Waals surface area contributed by atoms with Crippen LogP contribution in [-0.4, -0.2) is 55.7 Å². The number of nitrogens with zero attached hydrogens (tertiary/aromatic N) is 3. The number of carbonyl (C=O) groups is 1. The van der Waals surface area contributed by atoms with E-state index >= 15 is 0 Å². The maximum atomic E-state index is 12.5. The largest absolute Gasteiger partial charge is 0.381 e. The second-order valence-electron chi connectivity index (χ2n) is 8.06. The van der Waals surface area contributed by atoms with Crippen molar-refractivity contribution in [1.29, 1.82) is 0 Å². The van der Waals surface area contributed by atoms with Crippen molar-refractivity contribution in [3.63, 3.8) is 0 Å². The Morgan fingerprint density at radius 2 is 2.07 bits per heavy atom. The van der Waals surface area contributed by atoms with Crippen molar-refractivity contribution in [1.82, 2.24) is 9.88 Å². The number of piperidine rings is 1. The lowest BCUT2D eigenvalue weighted by Gasteiger charge is -2.34. The van der Waals surface area contributed by atoms with Crippen molar-refractivity contribution >= 4 is 32.6 Å². The third kappa shape index (κ3) is 3.83. The summed E-state index contributed by atoms with van der Waals surface area (Å²) in [6.45, 7) is 8.54. The van der Waals surface area contributed by atoms with Crippen molar-refractivity contribution in [3.8, 4) is 0 Å². The number of hydrogen-bond acceptors (Lipinski definition) is 5. The van der Waals surface area contributed by atoms with Crippen LogP contribution in [-0.2, 0) is 9.53 Å². The van der Waals surface area contributed by atoms with Gasteiger partial charge >= 0.3 is 0 Å². The van der Waals surface area contributed by atoms with Gasteiger partial charge in [0.2, 0.25) is 5.91 Å². The molecule has 2 fully saturated rings. The minimum Gasteiger partial charge on any atom is -0.381 e. The smallest absolute Gasteiger partial charge is 0.227 e. The summed E-state index contributed by atoms with van der Waals surface area (Å²) in [5, 5.41) is 1.14. The van der Waals surface area contributed by atoms with Crippen LogP contribution in [0.5, 0.6) is 0 Å². The zero-order valence-corrected chi connectivity index (χ0v) is 17.3. The number of thiazole rings is 1. The molecule has 0 saturated carbocycles. The SMILES string of the molecule is Cc1ccc2sc(N3CCC(CN(C)C(=O)C4CCOC4)CC3)nc2c1C. The van der Waals surface area contributed by atoms with E-state index in [9.17, 15) is 4.79 Å². The third-order valence-electron chi connectivity index (χ3n) is 6.15. The zero-order chi connectivity index (χ0) is 19.0. The summed E-state index contributed by atoms with van der Waals surface area (Å²) in [4.78, 5) is 21.8. The van der Waals surface area contributed by atoms with E-state index in [1.807, 2.05) is 11.9 Å². The van der Waals surface area contributed by atoms with Crippen molar-refractivity contribution in [3.05, 3.63) is 23.3 Å². The van der Waals surface area contributed by atoms with E-state index in [-0.39, 0.29) is 11.8 Å². The highest BCUT2D eigenvalue weighted by atomic mass is 32.1. The first kappa shape index (κ1) is 18.7. The Balaban J connectivity index is 1.35. The van der Waals surface area contributed by atoms with Gasteiger partial charge < -0.3 is 14.5 Å². The number of benzene rings is 1. The molecule has 6 heteroatoms. The molecule has 2 aliphatic heterocycles. The van der Waals surface area contributed by atoms with E-state index in [2.05, 4.69) is 30.9 Å². The molecule has 2 aromatic rings. The molecule has 3 heterocycles. The van der Waals surface area contributed by atoms with Crippen molar-refractivity contribution in [2.24, 2.45) is 11.8 Å². The van der Waals surface area contributed by atoms with Gasteiger partial charge in [0, 0.05) is 33.3 Å². The molecule has 1 atom stereocenters. The summed E-state index contributed by atoms with van der Waals surface area (Å²) in [7, 11) is 1.95. The molecule has 2 saturated heterocycles. The van der Waals surface area contributed by atoms with Crippen LogP contribution in [0.25, 0.3) is 10.2 Å². The van der Waals surface area contributed by atoms with E-state index in [1.165, 1.54) is 15.8 Å². The second-order valence-corrected chi connectivity index (χ2v) is 9.07. The number of carbonyl (C=O) groups excluding carboxylic acids is 1. The lowest BCUT2D eigenvalue weighted by Crippen LogP contribution is -2.41. The zero-order valence-electron chi connectivity index (χ0n) is 16.5. The molecule has 0 bridgehead atoms. The van der Waals surface area contributed by atoms with Crippen molar-refractivity contribution in [2.45, 2.75) is 33.1 Å². The van der Waals surface area contributed by atoms with E-state index in [0.29, 0.717) is 12.5 Å². The number of amides is 1. The number of anilines is 1. The molecule has 27 heavy (non-hydrogen) atoms. The van der Waals surface area contributed by atoms with Crippen LogP contribution >= 0.6 is 11.3 Å². The van der Waals surface area contributed by atoms with Crippen LogP contribution in [0.4, 0.5) is 5.13 Å². The molecule has 5 nitrogen and oxygen atoms in total. The molecule has 4 rings (SSSR count). The highest BCUT2D eigenvalue weighted by Gasteiger charge is 2.29. The summed E-state index contributed by atoms with van der Waals surface area (Å²) in [6.07, 6.45) is 3.11. The monoisotopic (exact) mass is 387 g/mol. The molecule has 0 spiro atoms. The van der Waals surface area contributed by atoms with Gasteiger partial charge in [0.1, 0.15) is 0 Å². The number of fused-ring (bicyclic) bond motifs is 1. The first-order valence-electron chi connectivity index (χ1n) is 9.97. The average Bonchev–Trinajstić information content (AvgIpc) is 3.35. The van der Waals surface area contributed by atoms with Gasteiger partial charge in [-0.05, 0) is 56.2 Å². The van der Waals surface area contributed by atoms with Gasteiger partial charge in [0.25, 0.3) is 0 Å². The summed E-state index contributed by atoms with van der Waals surface area (Å²) >= 11 is 1.80. The third-order valence-corrected chi connectivity index (χ3v) is 7.23. The van der Waals surface area contributed by atoms with Crippen LogP contribution in [0.2, 0.25) is 0 Å². The Labute approximate surface area is 165 Å². The van der Waals surface area contributed by atoms with Crippen LogP contribution in [0.15, 0.2) is 12.1 Å². The number of hydrogen-bond donors (Lipinski definition) is 0. The fraction of sp³-hybridized carbons (Fsp3) is 0.619. The lowest BCUT2D eigenvalue weighted by molar-refractivity contribution is -0.134. The molecular formula is C21H29N3O2S. The average molecular weight is 388 g/mol. The molecule has 146 valence electrons. The Hall–Kier alpha value is -1.66. The summed E-state index contributed by atoms with van der Waals surface area (Å²) in [6, 6.07) is 4.38. The van der Waals surface area contributed by atoms with Crippen LogP contribution in [0.1, 0.15) is 30.4 Å². The quantitative estimate of drug-likeness (QED) is 0.804. The van der Waals surface area contributed by atoms with Gasteiger partial charge in [-0.1, -0.05) is 17.4 Å². The van der Waals surface area contributed by atoms with Gasteiger partial charge in [-0.3, -0.25) is 4.79 Å². The first-order valence-corrected chi connectivity index (χ1v) is 10.8. The standard InChI is InChI=1S/C21H29N3O2S/c1-14-4-5-18-19(15(14)2)22-21(27-18)24-9-6-16(7-10-24)12-23(3)20(25)17-8-11-26-13-17/h4-5,16-17H,6-13H2,1-3H3. The van der Waals surface area contributed by atoms with Crippen LogP contribution in [0, 0.1) is 25.7 Å². The molecular weight excluding hydrogens is 358 g/mol. The van der Waals surface area contributed by atoms with Crippen LogP contribution in [0.3, 0.4) is 0 Å². The number of rotatable bonds is 4. The Kier molecular flexibility index (Phi) is 5.37. The number of aromatic nitrogens is 1. The van der Waals surface area contributed by atoms with Gasteiger partial charge in [-0.2, -0.15) is 0 Å². The normalized spacial score (nSPS) is 21.1. The first-order chi connectivity index (χ1) is 13.0. The maximum Gasteiger partial charge on any atom is 0.227 e. The molecule has 0 radical (unpaired) electrons. The Bertz CT molecular complexity index is 820. The highest BCUT2D eigenvalue weighted by Crippen LogP contribution is 2.34. The van der Waals surface area contributed by atoms with E-state index in [1.54, 1.807) is 11.3 Å². The highest BCUT2D eigenvalue weighted by molar-refractivity contribution is 7.22. The van der Waals surface area contributed by atoms with Gasteiger partial charge in [-0.25, -0.2) is 4.98 Å².